The number of hydrogen-bond donors (Lipinski definition) is 3. The lowest BCUT2D eigenvalue weighted by molar-refractivity contribution is 0.474. The number of anilines is 2. The maximum Gasteiger partial charge on any atom is 0.205 e. The van der Waals surface area contributed by atoms with E-state index in [1.165, 1.54) is 23.6 Å². The van der Waals surface area contributed by atoms with Gasteiger partial charge in [-0.1, -0.05) is 11.6 Å². The predicted octanol–water partition coefficient (Wildman–Crippen LogP) is 3.29. The van der Waals surface area contributed by atoms with E-state index in [0.29, 0.717) is 26.0 Å². The van der Waals surface area contributed by atoms with Gasteiger partial charge in [0.25, 0.3) is 0 Å². The Bertz CT molecular complexity index is 602. The predicted molar refractivity (Wildman–Crippen MR) is 78.6 cm³/mol. The van der Waals surface area contributed by atoms with E-state index in [0.717, 1.165) is 0 Å². The molecule has 94 valence electrons. The Hall–Kier alpha value is -1.31. The molecule has 4 N–H and O–H groups in total. The third-order valence-corrected chi connectivity index (χ3v) is 4.15. The van der Waals surface area contributed by atoms with E-state index >= 15 is 0 Å². The Morgan fingerprint density at radius 1 is 1.56 bits per heavy atom. The number of hydrogen-bond acceptors (Lipinski definition) is 6. The summed E-state index contributed by atoms with van der Waals surface area (Å²) in [4.78, 5) is 3.98. The molecule has 0 spiro atoms. The van der Waals surface area contributed by atoms with Gasteiger partial charge in [-0.15, -0.1) is 11.3 Å². The number of phenols is 1. The summed E-state index contributed by atoms with van der Waals surface area (Å²) in [6.07, 6.45) is 1.45. The molecular formula is C10H8BrClN4OS. The molecule has 8 heteroatoms. The maximum atomic E-state index is 9.68. The number of nitrogen functional groups attached to an aromatic ring is 1. The molecule has 0 radical (unpaired) electrons. The minimum absolute atomic E-state index is 0.0791. The molecule has 0 aliphatic carbocycles. The zero-order valence-electron chi connectivity index (χ0n) is 8.89. The molecule has 0 aliphatic rings. The van der Waals surface area contributed by atoms with Crippen molar-refractivity contribution in [2.75, 3.05) is 11.2 Å². The molecule has 0 saturated heterocycles. The molecule has 0 atom stereocenters. The number of halogens is 2. The topological polar surface area (TPSA) is 83.5 Å². The first-order valence-corrected chi connectivity index (χ1v) is 6.80. The monoisotopic (exact) mass is 346 g/mol. The Morgan fingerprint density at radius 3 is 3.00 bits per heavy atom. The second kappa shape index (κ2) is 5.55. The van der Waals surface area contributed by atoms with E-state index in [-0.39, 0.29) is 5.75 Å². The number of phenolic OH excluding ortho intramolecular Hbond substituents is 1. The number of thiazole rings is 1. The van der Waals surface area contributed by atoms with Crippen LogP contribution in [0.1, 0.15) is 5.56 Å². The molecule has 0 fully saturated rings. The molecule has 5 nitrogen and oxygen atoms in total. The van der Waals surface area contributed by atoms with E-state index in [4.69, 9.17) is 17.3 Å². The fourth-order valence-corrected chi connectivity index (χ4v) is 2.32. The Kier molecular flexibility index (Phi) is 4.05. The van der Waals surface area contributed by atoms with Gasteiger partial charge in [-0.2, -0.15) is 5.10 Å². The highest BCUT2D eigenvalue weighted by Crippen LogP contribution is 2.31. The molecule has 2 rings (SSSR count). The van der Waals surface area contributed by atoms with Crippen molar-refractivity contribution in [1.29, 1.82) is 0 Å². The van der Waals surface area contributed by atoms with Crippen LogP contribution >= 0.6 is 38.9 Å². The zero-order valence-corrected chi connectivity index (χ0v) is 12.1. The number of nitrogens with one attached hydrogen (secondary N) is 1. The van der Waals surface area contributed by atoms with Crippen molar-refractivity contribution in [3.63, 3.8) is 0 Å². The van der Waals surface area contributed by atoms with Crippen molar-refractivity contribution in [3.05, 3.63) is 32.6 Å². The number of hydrazone groups is 1. The lowest BCUT2D eigenvalue weighted by atomic mass is 10.2. The van der Waals surface area contributed by atoms with Crippen LogP contribution in [-0.4, -0.2) is 16.3 Å². The Morgan fingerprint density at radius 2 is 2.33 bits per heavy atom. The normalized spacial score (nSPS) is 11.0. The summed E-state index contributed by atoms with van der Waals surface area (Å²) >= 11 is 10.5. The molecule has 1 aromatic carbocycles. The van der Waals surface area contributed by atoms with E-state index < -0.39 is 0 Å². The maximum absolute atomic E-state index is 9.68. The van der Waals surface area contributed by atoms with Crippen LogP contribution in [0.5, 0.6) is 5.75 Å². The van der Waals surface area contributed by atoms with Gasteiger partial charge in [0, 0.05) is 9.85 Å². The zero-order chi connectivity index (χ0) is 13.1. The first kappa shape index (κ1) is 13.1. The molecule has 0 unspecified atom stereocenters. The third-order valence-electron chi connectivity index (χ3n) is 1.99. The molecule has 0 aliphatic heterocycles. The van der Waals surface area contributed by atoms with Gasteiger partial charge in [-0.3, -0.25) is 5.43 Å². The second-order valence-electron chi connectivity index (χ2n) is 3.24. The van der Waals surface area contributed by atoms with Crippen LogP contribution in [-0.2, 0) is 0 Å². The SMILES string of the molecule is Nc1csc(NN=Cc2c(O)ccc(Cl)c2Br)n1. The highest BCUT2D eigenvalue weighted by Gasteiger charge is 2.07. The van der Waals surface area contributed by atoms with Crippen molar-refractivity contribution in [3.8, 4) is 5.75 Å². The fourth-order valence-electron chi connectivity index (χ4n) is 1.17. The van der Waals surface area contributed by atoms with Gasteiger partial charge in [0.05, 0.1) is 16.8 Å². The number of aromatic hydroxyl groups is 1. The number of aromatic nitrogens is 1. The van der Waals surface area contributed by atoms with Crippen LogP contribution in [0, 0.1) is 0 Å². The molecule has 0 bridgehead atoms. The van der Waals surface area contributed by atoms with Crippen LogP contribution in [0.2, 0.25) is 5.02 Å². The second-order valence-corrected chi connectivity index (χ2v) is 5.30. The van der Waals surface area contributed by atoms with Gasteiger partial charge < -0.3 is 10.8 Å². The number of benzene rings is 1. The van der Waals surface area contributed by atoms with E-state index in [2.05, 4.69) is 31.4 Å². The van der Waals surface area contributed by atoms with Crippen LogP contribution in [0.15, 0.2) is 27.1 Å². The van der Waals surface area contributed by atoms with Crippen LogP contribution < -0.4 is 11.2 Å². The van der Waals surface area contributed by atoms with E-state index in [1.807, 2.05) is 0 Å². The van der Waals surface area contributed by atoms with Gasteiger partial charge in [-0.25, -0.2) is 4.98 Å². The Balaban J connectivity index is 2.16. The van der Waals surface area contributed by atoms with Crippen molar-refractivity contribution in [1.82, 2.24) is 4.98 Å². The fraction of sp³-hybridized carbons (Fsp3) is 0. The standard InChI is InChI=1S/C10H8BrClN4OS/c11-9-5(7(17)2-1-6(9)12)3-14-16-10-15-8(13)4-18-10/h1-4,17H,13H2,(H,15,16). The summed E-state index contributed by atoms with van der Waals surface area (Å²) in [5.41, 5.74) is 8.67. The van der Waals surface area contributed by atoms with Gasteiger partial charge in [0.1, 0.15) is 11.6 Å². The minimum atomic E-state index is 0.0791. The lowest BCUT2D eigenvalue weighted by Gasteiger charge is -2.03. The molecular weight excluding hydrogens is 340 g/mol. The molecule has 0 saturated carbocycles. The number of nitrogens with two attached hydrogens (primary N) is 1. The minimum Gasteiger partial charge on any atom is -0.507 e. The van der Waals surface area contributed by atoms with Crippen LogP contribution in [0.3, 0.4) is 0 Å². The summed E-state index contributed by atoms with van der Waals surface area (Å²) in [7, 11) is 0. The summed E-state index contributed by atoms with van der Waals surface area (Å²) in [6, 6.07) is 3.09. The summed E-state index contributed by atoms with van der Waals surface area (Å²) in [5, 5.41) is 16.4. The largest absolute Gasteiger partial charge is 0.507 e. The number of rotatable bonds is 3. The highest BCUT2D eigenvalue weighted by atomic mass is 79.9. The highest BCUT2D eigenvalue weighted by molar-refractivity contribution is 9.10. The summed E-state index contributed by atoms with van der Waals surface area (Å²) < 4.78 is 0.577. The molecule has 18 heavy (non-hydrogen) atoms. The van der Waals surface area contributed by atoms with Crippen LogP contribution in [0.25, 0.3) is 0 Å². The third kappa shape index (κ3) is 2.92. The number of nitrogens with zero attached hydrogens (tertiary/aromatic N) is 2. The quantitative estimate of drug-likeness (QED) is 0.587. The Labute approximate surface area is 120 Å². The van der Waals surface area contributed by atoms with Crippen molar-refractivity contribution < 1.29 is 5.11 Å². The van der Waals surface area contributed by atoms with Crippen molar-refractivity contribution >= 4 is 56.0 Å². The van der Waals surface area contributed by atoms with Gasteiger partial charge in [0.2, 0.25) is 5.13 Å². The molecule has 1 heterocycles. The summed E-state index contributed by atoms with van der Waals surface area (Å²) in [5.74, 6) is 0.514. The molecule has 0 amide bonds. The van der Waals surface area contributed by atoms with E-state index in [1.54, 1.807) is 11.4 Å². The lowest BCUT2D eigenvalue weighted by Crippen LogP contribution is -1.92. The van der Waals surface area contributed by atoms with Crippen molar-refractivity contribution in [2.24, 2.45) is 5.10 Å². The molecule has 1 aromatic heterocycles. The van der Waals surface area contributed by atoms with E-state index in [9.17, 15) is 5.11 Å². The first-order valence-electron chi connectivity index (χ1n) is 4.75. The summed E-state index contributed by atoms with van der Waals surface area (Å²) in [6.45, 7) is 0. The van der Waals surface area contributed by atoms with Gasteiger partial charge in [-0.05, 0) is 28.1 Å². The van der Waals surface area contributed by atoms with Gasteiger partial charge in [0.15, 0.2) is 0 Å². The van der Waals surface area contributed by atoms with Crippen molar-refractivity contribution in [2.45, 2.75) is 0 Å². The molecule has 2 aromatic rings. The van der Waals surface area contributed by atoms with Gasteiger partial charge >= 0.3 is 0 Å². The van der Waals surface area contributed by atoms with Crippen LogP contribution in [0.4, 0.5) is 10.9 Å². The first-order chi connectivity index (χ1) is 8.58. The smallest absolute Gasteiger partial charge is 0.205 e. The average Bonchev–Trinajstić information content (AvgIpc) is 2.74. The average molecular weight is 348 g/mol.